The second kappa shape index (κ2) is 7.64. The van der Waals surface area contributed by atoms with Gasteiger partial charge in [-0.25, -0.2) is 4.98 Å². The highest BCUT2D eigenvalue weighted by Crippen LogP contribution is 2.28. The Balaban J connectivity index is 1.57. The third kappa shape index (κ3) is 3.82. The molecule has 138 valence electrons. The fourth-order valence-corrected chi connectivity index (χ4v) is 4.07. The van der Waals surface area contributed by atoms with Crippen molar-refractivity contribution in [2.24, 2.45) is 0 Å². The summed E-state index contributed by atoms with van der Waals surface area (Å²) in [6, 6.07) is 7.79. The standard InChI is InChI=1S/C19H19B2N5OS/c1-12-24-25-17(28-12)13-5-6-14-11-22-16(10-15(14)9-13)23-18(27)19(20,21)26-7-3-2-4-8-26/h5-6,9-11H,2-4,7-8H2,1H3,(H,22,23,27). The van der Waals surface area contributed by atoms with Crippen LogP contribution in [0.25, 0.3) is 21.3 Å². The van der Waals surface area contributed by atoms with Crippen molar-refractivity contribution in [1.82, 2.24) is 20.1 Å². The molecule has 3 heterocycles. The molecule has 0 atom stereocenters. The topological polar surface area (TPSA) is 71.0 Å². The molecule has 1 aliphatic rings. The lowest BCUT2D eigenvalue weighted by Gasteiger charge is -2.40. The van der Waals surface area contributed by atoms with E-state index in [0.29, 0.717) is 5.82 Å². The molecule has 2 aromatic heterocycles. The van der Waals surface area contributed by atoms with Gasteiger partial charge in [0.05, 0.1) is 15.7 Å². The average Bonchev–Trinajstić information content (AvgIpc) is 3.14. The highest BCUT2D eigenvalue weighted by molar-refractivity contribution is 7.14. The summed E-state index contributed by atoms with van der Waals surface area (Å²) in [6.07, 6.45) is 4.84. The number of hydrogen-bond donors (Lipinski definition) is 1. The van der Waals surface area contributed by atoms with Crippen LogP contribution < -0.4 is 5.32 Å². The fraction of sp³-hybridized carbons (Fsp3) is 0.368. The third-order valence-electron chi connectivity index (χ3n) is 4.98. The molecule has 0 unspecified atom stereocenters. The number of hydrogen-bond acceptors (Lipinski definition) is 6. The van der Waals surface area contributed by atoms with Crippen molar-refractivity contribution >= 4 is 49.5 Å². The Bertz CT molecular complexity index is 1020. The van der Waals surface area contributed by atoms with Gasteiger partial charge < -0.3 is 10.2 Å². The maximum absolute atomic E-state index is 12.7. The lowest BCUT2D eigenvalue weighted by molar-refractivity contribution is -0.120. The number of aromatic nitrogens is 3. The van der Waals surface area contributed by atoms with Crippen LogP contribution >= 0.6 is 11.3 Å². The van der Waals surface area contributed by atoms with Gasteiger partial charge in [0.25, 0.3) is 0 Å². The van der Waals surface area contributed by atoms with E-state index in [1.807, 2.05) is 36.1 Å². The molecule has 0 spiro atoms. The van der Waals surface area contributed by atoms with Crippen LogP contribution in [0.4, 0.5) is 5.82 Å². The first-order chi connectivity index (χ1) is 13.4. The van der Waals surface area contributed by atoms with Crippen molar-refractivity contribution in [3.05, 3.63) is 35.5 Å². The number of rotatable bonds is 4. The van der Waals surface area contributed by atoms with E-state index >= 15 is 0 Å². The predicted octanol–water partition coefficient (Wildman–Crippen LogP) is 2.48. The molecule has 4 rings (SSSR count). The van der Waals surface area contributed by atoms with Crippen molar-refractivity contribution in [3.8, 4) is 10.6 Å². The first kappa shape index (κ1) is 19.1. The number of piperidine rings is 1. The zero-order valence-corrected chi connectivity index (χ0v) is 16.5. The maximum atomic E-state index is 12.7. The fourth-order valence-electron chi connectivity index (χ4n) is 3.38. The zero-order chi connectivity index (χ0) is 19.7. The van der Waals surface area contributed by atoms with Crippen molar-refractivity contribution in [3.63, 3.8) is 0 Å². The van der Waals surface area contributed by atoms with Gasteiger partial charge in [0.15, 0.2) is 0 Å². The van der Waals surface area contributed by atoms with Crippen LogP contribution in [0, 0.1) is 6.92 Å². The van der Waals surface area contributed by atoms with E-state index in [0.717, 1.165) is 58.7 Å². The number of pyridine rings is 1. The Morgan fingerprint density at radius 3 is 2.64 bits per heavy atom. The number of nitrogens with one attached hydrogen (secondary N) is 1. The first-order valence-corrected chi connectivity index (χ1v) is 10.1. The van der Waals surface area contributed by atoms with E-state index in [1.165, 1.54) is 11.3 Å². The van der Waals surface area contributed by atoms with Crippen molar-refractivity contribution < 1.29 is 4.79 Å². The third-order valence-corrected chi connectivity index (χ3v) is 5.87. The second-order valence-corrected chi connectivity index (χ2v) is 8.27. The number of carbonyl (C=O) groups is 1. The highest BCUT2D eigenvalue weighted by Gasteiger charge is 2.34. The molecule has 1 fully saturated rings. The molecule has 0 bridgehead atoms. The average molecular weight is 387 g/mol. The zero-order valence-electron chi connectivity index (χ0n) is 15.7. The number of nitrogens with zero attached hydrogens (tertiary/aromatic N) is 4. The summed E-state index contributed by atoms with van der Waals surface area (Å²) >= 11 is 1.54. The molecule has 1 amide bonds. The minimum Gasteiger partial charge on any atom is -0.310 e. The van der Waals surface area contributed by atoms with Gasteiger partial charge in [-0.2, -0.15) is 0 Å². The Hall–Kier alpha value is -2.25. The molecule has 6 nitrogen and oxygen atoms in total. The normalized spacial score (nSPS) is 15.6. The van der Waals surface area contributed by atoms with Crippen LogP contribution in [-0.4, -0.2) is 60.1 Å². The van der Waals surface area contributed by atoms with Gasteiger partial charge >= 0.3 is 0 Å². The monoisotopic (exact) mass is 387 g/mol. The smallest absolute Gasteiger partial charge is 0.227 e. The van der Waals surface area contributed by atoms with Crippen molar-refractivity contribution in [1.29, 1.82) is 0 Å². The summed E-state index contributed by atoms with van der Waals surface area (Å²) < 4.78 is 0. The lowest BCUT2D eigenvalue weighted by Crippen LogP contribution is -2.59. The van der Waals surface area contributed by atoms with Crippen LogP contribution in [0.5, 0.6) is 0 Å². The Morgan fingerprint density at radius 2 is 1.93 bits per heavy atom. The SMILES string of the molecule is [B]C([B])(C(=O)Nc1cc2cc(-c3nnc(C)s3)ccc2cn1)N1CCCCC1. The summed E-state index contributed by atoms with van der Waals surface area (Å²) in [5.41, 5.74) is 0.974. The van der Waals surface area contributed by atoms with Gasteiger partial charge in [-0.15, -0.1) is 10.2 Å². The number of carbonyl (C=O) groups excluding carboxylic acids is 1. The maximum Gasteiger partial charge on any atom is 0.227 e. The summed E-state index contributed by atoms with van der Waals surface area (Å²) in [6.45, 7) is 3.36. The van der Waals surface area contributed by atoms with Crippen LogP contribution in [0.1, 0.15) is 24.3 Å². The van der Waals surface area contributed by atoms with E-state index < -0.39 is 11.2 Å². The van der Waals surface area contributed by atoms with Gasteiger partial charge in [0.2, 0.25) is 5.91 Å². The molecule has 9 heteroatoms. The molecule has 1 saturated heterocycles. The number of benzene rings is 1. The number of aryl methyl sites for hydroxylation is 1. The molecular formula is C19H19B2N5OS. The number of amides is 1. The lowest BCUT2D eigenvalue weighted by atomic mass is 9.59. The molecule has 1 aliphatic heterocycles. The molecule has 0 saturated carbocycles. The van der Waals surface area contributed by atoms with Gasteiger partial charge in [-0.05, 0) is 50.4 Å². The van der Waals surface area contributed by atoms with E-state index in [9.17, 15) is 4.79 Å². The summed E-state index contributed by atoms with van der Waals surface area (Å²) in [7, 11) is 12.3. The molecule has 0 aliphatic carbocycles. The molecule has 3 aromatic rings. The Labute approximate surface area is 170 Å². The summed E-state index contributed by atoms with van der Waals surface area (Å²) in [5.74, 6) is -0.0440. The highest BCUT2D eigenvalue weighted by atomic mass is 32.1. The molecule has 1 N–H and O–H groups in total. The second-order valence-electron chi connectivity index (χ2n) is 7.08. The molecule has 4 radical (unpaired) electrons. The summed E-state index contributed by atoms with van der Waals surface area (Å²) in [5, 5.41) is 13.1. The summed E-state index contributed by atoms with van der Waals surface area (Å²) in [4.78, 5) is 18.8. The predicted molar refractivity (Wildman–Crippen MR) is 114 cm³/mol. The van der Waals surface area contributed by atoms with E-state index in [-0.39, 0.29) is 0 Å². The Morgan fingerprint density at radius 1 is 1.14 bits per heavy atom. The van der Waals surface area contributed by atoms with Crippen LogP contribution in [0.3, 0.4) is 0 Å². The Kier molecular flexibility index (Phi) is 5.21. The quantitative estimate of drug-likeness (QED) is 0.697. The van der Waals surface area contributed by atoms with Gasteiger partial charge in [-0.3, -0.25) is 4.79 Å². The van der Waals surface area contributed by atoms with Crippen LogP contribution in [-0.2, 0) is 4.79 Å². The van der Waals surface area contributed by atoms with Crippen LogP contribution in [0.15, 0.2) is 30.5 Å². The largest absolute Gasteiger partial charge is 0.310 e. The molecule has 28 heavy (non-hydrogen) atoms. The minimum absolute atomic E-state index is 0.417. The van der Waals surface area contributed by atoms with Crippen molar-refractivity contribution in [2.75, 3.05) is 18.4 Å². The van der Waals surface area contributed by atoms with Gasteiger partial charge in [0.1, 0.15) is 15.8 Å². The number of fused-ring (bicyclic) bond motifs is 1. The molecular weight excluding hydrogens is 368 g/mol. The molecule has 1 aromatic carbocycles. The number of likely N-dealkylation sites (tertiary alicyclic amines) is 1. The van der Waals surface area contributed by atoms with E-state index in [2.05, 4.69) is 20.5 Å². The van der Waals surface area contributed by atoms with Gasteiger partial charge in [0, 0.05) is 22.5 Å². The van der Waals surface area contributed by atoms with Gasteiger partial charge in [-0.1, -0.05) is 29.9 Å². The van der Waals surface area contributed by atoms with E-state index in [1.54, 1.807) is 6.20 Å². The number of anilines is 1. The van der Waals surface area contributed by atoms with E-state index in [4.69, 9.17) is 15.7 Å². The first-order valence-electron chi connectivity index (χ1n) is 9.28. The van der Waals surface area contributed by atoms with Crippen molar-refractivity contribution in [2.45, 2.75) is 31.5 Å². The minimum atomic E-state index is -1.55. The van der Waals surface area contributed by atoms with Crippen LogP contribution in [0.2, 0.25) is 0 Å².